The number of nitrogens with zero attached hydrogens (tertiary/aromatic N) is 3. The third kappa shape index (κ3) is 3.12. The smallest absolute Gasteiger partial charge is 0.330 e. The van der Waals surface area contributed by atoms with Crippen molar-refractivity contribution in [3.63, 3.8) is 0 Å². The number of nitro groups is 1. The Balaban J connectivity index is 1.95. The first-order valence-corrected chi connectivity index (χ1v) is 6.82. The van der Waals surface area contributed by atoms with E-state index in [0.29, 0.717) is 11.7 Å². The van der Waals surface area contributed by atoms with Crippen molar-refractivity contribution in [1.29, 1.82) is 0 Å². The van der Waals surface area contributed by atoms with Gasteiger partial charge in [-0.05, 0) is 30.3 Å². The summed E-state index contributed by atoms with van der Waals surface area (Å²) in [5.41, 5.74) is 0.0534. The molecular formula is C10H16N4O2S. The molecule has 1 saturated heterocycles. The number of rotatable bonds is 4. The first-order chi connectivity index (χ1) is 8.16. The van der Waals surface area contributed by atoms with Gasteiger partial charge in [-0.3, -0.25) is 14.8 Å². The van der Waals surface area contributed by atoms with Crippen LogP contribution in [0, 0.1) is 16.0 Å². The summed E-state index contributed by atoms with van der Waals surface area (Å²) in [4.78, 5) is 10.4. The second kappa shape index (κ2) is 5.39. The normalized spacial score (nSPS) is 17.0. The number of aromatic nitrogens is 2. The van der Waals surface area contributed by atoms with Crippen LogP contribution in [0.3, 0.4) is 0 Å². The molecule has 2 rings (SSSR count). The van der Waals surface area contributed by atoms with Gasteiger partial charge < -0.3 is 5.32 Å². The van der Waals surface area contributed by atoms with Crippen LogP contribution in [0.4, 0.5) is 11.5 Å². The lowest BCUT2D eigenvalue weighted by atomic mass is 10.0. The van der Waals surface area contributed by atoms with E-state index in [1.54, 1.807) is 7.05 Å². The molecule has 1 aromatic rings. The van der Waals surface area contributed by atoms with Gasteiger partial charge >= 0.3 is 5.69 Å². The van der Waals surface area contributed by atoms with E-state index in [2.05, 4.69) is 10.4 Å². The zero-order valence-corrected chi connectivity index (χ0v) is 10.6. The van der Waals surface area contributed by atoms with Crippen LogP contribution in [-0.4, -0.2) is 32.8 Å². The monoisotopic (exact) mass is 256 g/mol. The van der Waals surface area contributed by atoms with E-state index >= 15 is 0 Å². The lowest BCUT2D eigenvalue weighted by Gasteiger charge is -2.21. The number of aryl methyl sites for hydroxylation is 1. The van der Waals surface area contributed by atoms with Crippen molar-refractivity contribution in [2.24, 2.45) is 13.0 Å². The number of nitrogens with one attached hydrogen (secondary N) is 1. The van der Waals surface area contributed by atoms with Crippen molar-refractivity contribution in [2.45, 2.75) is 12.8 Å². The van der Waals surface area contributed by atoms with Gasteiger partial charge in [0.05, 0.1) is 4.92 Å². The second-order valence-corrected chi connectivity index (χ2v) is 5.46. The fourth-order valence-electron chi connectivity index (χ4n) is 1.93. The van der Waals surface area contributed by atoms with E-state index in [4.69, 9.17) is 0 Å². The van der Waals surface area contributed by atoms with Crippen LogP contribution in [0.15, 0.2) is 6.20 Å². The summed E-state index contributed by atoms with van der Waals surface area (Å²) < 4.78 is 1.47. The molecule has 6 nitrogen and oxygen atoms in total. The van der Waals surface area contributed by atoms with Crippen LogP contribution in [0.5, 0.6) is 0 Å². The molecule has 1 N–H and O–H groups in total. The molecule has 17 heavy (non-hydrogen) atoms. The van der Waals surface area contributed by atoms with E-state index in [0.717, 1.165) is 6.54 Å². The average Bonchev–Trinajstić information content (AvgIpc) is 2.69. The predicted octanol–water partition coefficient (Wildman–Crippen LogP) is 1.88. The van der Waals surface area contributed by atoms with Gasteiger partial charge in [0.25, 0.3) is 0 Å². The van der Waals surface area contributed by atoms with Gasteiger partial charge in [0.2, 0.25) is 5.82 Å². The molecule has 0 aliphatic carbocycles. The Labute approximate surface area is 104 Å². The molecule has 1 fully saturated rings. The maximum atomic E-state index is 10.8. The molecule has 0 amide bonds. The zero-order chi connectivity index (χ0) is 12.3. The van der Waals surface area contributed by atoms with Gasteiger partial charge in [-0.2, -0.15) is 11.8 Å². The van der Waals surface area contributed by atoms with Crippen molar-refractivity contribution in [3.05, 3.63) is 16.3 Å². The molecule has 7 heteroatoms. The summed E-state index contributed by atoms with van der Waals surface area (Å²) in [5, 5.41) is 18.0. The Kier molecular flexibility index (Phi) is 3.88. The summed E-state index contributed by atoms with van der Waals surface area (Å²) in [7, 11) is 1.69. The largest absolute Gasteiger partial charge is 0.363 e. The van der Waals surface area contributed by atoms with Crippen LogP contribution >= 0.6 is 11.8 Å². The van der Waals surface area contributed by atoms with Crippen molar-refractivity contribution >= 4 is 23.3 Å². The number of anilines is 1. The third-order valence-corrected chi connectivity index (χ3v) is 3.95. The Morgan fingerprint density at radius 2 is 2.35 bits per heavy atom. The van der Waals surface area contributed by atoms with E-state index in [9.17, 15) is 10.1 Å². The molecule has 0 unspecified atom stereocenters. The van der Waals surface area contributed by atoms with Crippen molar-refractivity contribution in [3.8, 4) is 0 Å². The van der Waals surface area contributed by atoms with Gasteiger partial charge in [-0.25, -0.2) is 0 Å². The maximum absolute atomic E-state index is 10.8. The molecule has 0 bridgehead atoms. The van der Waals surface area contributed by atoms with Crippen LogP contribution in [0.1, 0.15) is 12.8 Å². The fraction of sp³-hybridized carbons (Fsp3) is 0.700. The highest BCUT2D eigenvalue weighted by Gasteiger charge is 2.20. The highest BCUT2D eigenvalue weighted by molar-refractivity contribution is 7.99. The van der Waals surface area contributed by atoms with Gasteiger partial charge in [0.1, 0.15) is 6.20 Å². The highest BCUT2D eigenvalue weighted by Crippen LogP contribution is 2.25. The number of thioether (sulfide) groups is 1. The standard InChI is InChI=1S/C10H16N4O2S/c1-13-7-9(14(15)16)10(12-13)11-6-8-2-4-17-5-3-8/h7-8H,2-6H2,1H3,(H,11,12). The van der Waals surface area contributed by atoms with Gasteiger partial charge in [-0.1, -0.05) is 0 Å². The molecule has 94 valence electrons. The number of hydrogen-bond acceptors (Lipinski definition) is 5. The lowest BCUT2D eigenvalue weighted by molar-refractivity contribution is -0.384. The number of hydrogen-bond donors (Lipinski definition) is 1. The van der Waals surface area contributed by atoms with Crippen molar-refractivity contribution in [1.82, 2.24) is 9.78 Å². The molecule has 2 heterocycles. The topological polar surface area (TPSA) is 73.0 Å². The molecule has 0 spiro atoms. The summed E-state index contributed by atoms with van der Waals surface area (Å²) in [5.74, 6) is 3.38. The Bertz CT molecular complexity index is 401. The quantitative estimate of drug-likeness (QED) is 0.657. The summed E-state index contributed by atoms with van der Waals surface area (Å²) >= 11 is 1.98. The molecule has 0 radical (unpaired) electrons. The lowest BCUT2D eigenvalue weighted by Crippen LogP contribution is -2.19. The highest BCUT2D eigenvalue weighted by atomic mass is 32.2. The maximum Gasteiger partial charge on any atom is 0.330 e. The van der Waals surface area contributed by atoms with Crippen molar-refractivity contribution < 1.29 is 4.92 Å². The minimum Gasteiger partial charge on any atom is -0.363 e. The van der Waals surface area contributed by atoms with Gasteiger partial charge in [0.15, 0.2) is 0 Å². The molecule has 1 aliphatic rings. The van der Waals surface area contributed by atoms with Crippen LogP contribution < -0.4 is 5.32 Å². The SMILES string of the molecule is Cn1cc([N+](=O)[O-])c(NCC2CCSCC2)n1. The Morgan fingerprint density at radius 3 is 3.00 bits per heavy atom. The Morgan fingerprint density at radius 1 is 1.65 bits per heavy atom. The minimum atomic E-state index is -0.397. The van der Waals surface area contributed by atoms with Crippen LogP contribution in [0.25, 0.3) is 0 Å². The predicted molar refractivity (Wildman–Crippen MR) is 68.4 cm³/mol. The molecule has 1 aliphatic heterocycles. The molecule has 1 aromatic heterocycles. The first-order valence-electron chi connectivity index (χ1n) is 5.66. The van der Waals surface area contributed by atoms with Crippen molar-refractivity contribution in [2.75, 3.05) is 23.4 Å². The third-order valence-electron chi connectivity index (χ3n) is 2.91. The van der Waals surface area contributed by atoms with Crippen LogP contribution in [0.2, 0.25) is 0 Å². The average molecular weight is 256 g/mol. The van der Waals surface area contributed by atoms with Gasteiger partial charge in [-0.15, -0.1) is 5.10 Å². The second-order valence-electron chi connectivity index (χ2n) is 4.23. The van der Waals surface area contributed by atoms with E-state index in [-0.39, 0.29) is 5.69 Å². The molecule has 0 atom stereocenters. The summed E-state index contributed by atoms with van der Waals surface area (Å²) in [6.07, 6.45) is 3.79. The summed E-state index contributed by atoms with van der Waals surface area (Å²) in [6, 6.07) is 0. The van der Waals surface area contributed by atoms with E-state index < -0.39 is 4.92 Å². The molecule has 0 aromatic carbocycles. The molecule has 0 saturated carbocycles. The van der Waals surface area contributed by atoms with Crippen LogP contribution in [-0.2, 0) is 7.05 Å². The first kappa shape index (κ1) is 12.2. The molecular weight excluding hydrogens is 240 g/mol. The van der Waals surface area contributed by atoms with Gasteiger partial charge in [0, 0.05) is 13.6 Å². The Hall–Kier alpha value is -1.24. The van der Waals surface area contributed by atoms with E-state index in [1.165, 1.54) is 35.2 Å². The van der Waals surface area contributed by atoms with E-state index in [1.807, 2.05) is 11.8 Å². The zero-order valence-electron chi connectivity index (χ0n) is 9.76. The fourth-order valence-corrected chi connectivity index (χ4v) is 3.13. The summed E-state index contributed by atoms with van der Waals surface area (Å²) in [6.45, 7) is 0.776. The minimum absolute atomic E-state index is 0.0534.